The van der Waals surface area contributed by atoms with Gasteiger partial charge in [0.25, 0.3) is 5.56 Å². The minimum Gasteiger partial charge on any atom is -0.486 e. The van der Waals surface area contributed by atoms with E-state index in [1.165, 1.54) is 4.88 Å². The molecule has 9 heteroatoms. The first-order valence-corrected chi connectivity index (χ1v) is 11.7. The summed E-state index contributed by atoms with van der Waals surface area (Å²) in [6.45, 7) is 7.57. The maximum atomic E-state index is 13.2. The maximum Gasteiger partial charge on any atom is 0.279 e. The van der Waals surface area contributed by atoms with Crippen LogP contribution in [0.3, 0.4) is 0 Å². The van der Waals surface area contributed by atoms with Gasteiger partial charge in [-0.2, -0.15) is 0 Å². The maximum absolute atomic E-state index is 13.2. The van der Waals surface area contributed by atoms with Gasteiger partial charge in [0.15, 0.2) is 16.3 Å². The van der Waals surface area contributed by atoms with Crippen LogP contribution in [0.15, 0.2) is 23.0 Å². The van der Waals surface area contributed by atoms with Crippen LogP contribution in [0.2, 0.25) is 0 Å². The van der Waals surface area contributed by atoms with Gasteiger partial charge in [-0.25, -0.2) is 4.68 Å². The molecule has 0 saturated carbocycles. The van der Waals surface area contributed by atoms with Gasteiger partial charge >= 0.3 is 0 Å². The molecule has 0 spiro atoms. The molecule has 1 aromatic carbocycles. The molecule has 1 N–H and O–H groups in total. The number of anilines is 1. The van der Waals surface area contributed by atoms with Crippen LogP contribution in [-0.2, 0) is 24.2 Å². The number of carbonyl (C=O) groups excluding carboxylic acids is 1. The molecular formula is C23H26N4O4S. The number of fused-ring (bicyclic) bond motifs is 4. The summed E-state index contributed by atoms with van der Waals surface area (Å²) in [6, 6.07) is 5.21. The van der Waals surface area contributed by atoms with E-state index in [-0.39, 0.29) is 23.4 Å². The van der Waals surface area contributed by atoms with Crippen molar-refractivity contribution < 1.29 is 14.3 Å². The zero-order valence-electron chi connectivity index (χ0n) is 18.4. The SMILES string of the molecule is CC(C)(C)[C@@H]1CCc2c(sc3nnn(CC(=O)Nc4ccc5c(c4)OCCO5)c(=O)c23)C1. The van der Waals surface area contributed by atoms with Crippen molar-refractivity contribution in [3.8, 4) is 11.5 Å². The Hall–Kier alpha value is -2.94. The average Bonchev–Trinajstić information content (AvgIpc) is 3.13. The molecule has 0 fully saturated rings. The first-order chi connectivity index (χ1) is 15.3. The molecular weight excluding hydrogens is 428 g/mol. The highest BCUT2D eigenvalue weighted by molar-refractivity contribution is 7.18. The van der Waals surface area contributed by atoms with Gasteiger partial charge in [-0.15, -0.1) is 16.4 Å². The summed E-state index contributed by atoms with van der Waals surface area (Å²) in [5.74, 6) is 1.47. The smallest absolute Gasteiger partial charge is 0.279 e. The third kappa shape index (κ3) is 3.85. The molecule has 1 atom stereocenters. The van der Waals surface area contributed by atoms with Gasteiger partial charge in [0.05, 0.1) is 5.39 Å². The standard InChI is InChI=1S/C23H26N4O4S/c1-23(2,3)13-4-6-15-18(10-13)32-21-20(15)22(29)27(26-25-21)12-19(28)24-14-5-7-16-17(11-14)31-9-8-30-16/h5,7,11,13H,4,6,8-10,12H2,1-3H3,(H,24,28)/t13-/m1/s1. The number of thiophene rings is 1. The minimum atomic E-state index is -0.352. The zero-order valence-corrected chi connectivity index (χ0v) is 19.3. The predicted molar refractivity (Wildman–Crippen MR) is 123 cm³/mol. The molecule has 1 aliphatic carbocycles. The van der Waals surface area contributed by atoms with Gasteiger partial charge in [0.2, 0.25) is 5.91 Å². The first kappa shape index (κ1) is 20.9. The second kappa shape index (κ2) is 7.88. The van der Waals surface area contributed by atoms with Gasteiger partial charge in [0.1, 0.15) is 19.8 Å². The summed E-state index contributed by atoms with van der Waals surface area (Å²) in [6.07, 6.45) is 2.88. The van der Waals surface area contributed by atoms with E-state index < -0.39 is 0 Å². The minimum absolute atomic E-state index is 0.203. The van der Waals surface area contributed by atoms with Crippen molar-refractivity contribution in [1.82, 2.24) is 15.0 Å². The fourth-order valence-corrected chi connectivity index (χ4v) is 5.66. The van der Waals surface area contributed by atoms with E-state index in [0.717, 1.165) is 29.5 Å². The first-order valence-electron chi connectivity index (χ1n) is 10.9. The lowest BCUT2D eigenvalue weighted by atomic mass is 9.72. The molecule has 0 unspecified atom stereocenters. The summed E-state index contributed by atoms with van der Waals surface area (Å²) < 4.78 is 12.2. The summed E-state index contributed by atoms with van der Waals surface area (Å²) >= 11 is 1.56. The molecule has 168 valence electrons. The number of benzene rings is 1. The Labute approximate surface area is 189 Å². The number of aryl methyl sites for hydroxylation is 1. The van der Waals surface area contributed by atoms with Crippen molar-refractivity contribution in [2.24, 2.45) is 11.3 Å². The Bertz CT molecular complexity index is 1260. The quantitative estimate of drug-likeness (QED) is 0.652. The number of hydrogen-bond acceptors (Lipinski definition) is 7. The van der Waals surface area contributed by atoms with Crippen LogP contribution in [0.5, 0.6) is 11.5 Å². The average molecular weight is 455 g/mol. The second-order valence-electron chi connectivity index (χ2n) is 9.45. The van der Waals surface area contributed by atoms with E-state index in [0.29, 0.717) is 46.5 Å². The van der Waals surface area contributed by atoms with Crippen molar-refractivity contribution in [2.75, 3.05) is 18.5 Å². The van der Waals surface area contributed by atoms with E-state index in [1.54, 1.807) is 29.5 Å². The summed E-state index contributed by atoms with van der Waals surface area (Å²) in [7, 11) is 0. The van der Waals surface area contributed by atoms with Gasteiger partial charge in [-0.1, -0.05) is 26.0 Å². The Morgan fingerprint density at radius 3 is 2.81 bits per heavy atom. The van der Waals surface area contributed by atoms with Crippen molar-refractivity contribution >= 4 is 33.1 Å². The molecule has 5 rings (SSSR count). The monoisotopic (exact) mass is 454 g/mol. The summed E-state index contributed by atoms with van der Waals surface area (Å²) in [5.41, 5.74) is 1.64. The molecule has 0 radical (unpaired) electrons. The highest BCUT2D eigenvalue weighted by Gasteiger charge is 2.32. The van der Waals surface area contributed by atoms with E-state index in [1.807, 2.05) is 0 Å². The molecule has 3 heterocycles. The summed E-state index contributed by atoms with van der Waals surface area (Å²) in [4.78, 5) is 27.7. The van der Waals surface area contributed by atoms with Crippen LogP contribution in [-0.4, -0.2) is 34.1 Å². The van der Waals surface area contributed by atoms with E-state index in [4.69, 9.17) is 9.47 Å². The number of nitrogens with one attached hydrogen (secondary N) is 1. The molecule has 2 aliphatic rings. The van der Waals surface area contributed by atoms with Crippen LogP contribution in [0, 0.1) is 11.3 Å². The van der Waals surface area contributed by atoms with Crippen molar-refractivity contribution in [1.29, 1.82) is 0 Å². The molecule has 3 aromatic rings. The van der Waals surface area contributed by atoms with Crippen LogP contribution in [0.4, 0.5) is 5.69 Å². The van der Waals surface area contributed by atoms with Crippen LogP contribution < -0.4 is 20.3 Å². The third-order valence-corrected chi connectivity index (χ3v) is 7.42. The van der Waals surface area contributed by atoms with Crippen LogP contribution in [0.25, 0.3) is 10.2 Å². The van der Waals surface area contributed by atoms with Gasteiger partial charge in [0, 0.05) is 16.6 Å². The van der Waals surface area contributed by atoms with Gasteiger partial charge in [-0.3, -0.25) is 9.59 Å². The highest BCUT2D eigenvalue weighted by atomic mass is 32.1. The van der Waals surface area contributed by atoms with Gasteiger partial charge in [-0.05, 0) is 48.3 Å². The van der Waals surface area contributed by atoms with Crippen molar-refractivity contribution in [3.05, 3.63) is 39.0 Å². The van der Waals surface area contributed by atoms with Gasteiger partial charge < -0.3 is 14.8 Å². The largest absolute Gasteiger partial charge is 0.486 e. The van der Waals surface area contributed by atoms with Crippen molar-refractivity contribution in [3.63, 3.8) is 0 Å². The fraction of sp³-hybridized carbons (Fsp3) is 0.478. The van der Waals surface area contributed by atoms with E-state index in [2.05, 4.69) is 36.4 Å². The van der Waals surface area contributed by atoms with E-state index in [9.17, 15) is 9.59 Å². The Morgan fingerprint density at radius 2 is 2.03 bits per heavy atom. The number of rotatable bonds is 3. The molecule has 8 nitrogen and oxygen atoms in total. The number of nitrogens with zero attached hydrogens (tertiary/aromatic N) is 3. The molecule has 0 saturated heterocycles. The number of amides is 1. The van der Waals surface area contributed by atoms with Crippen LogP contribution >= 0.6 is 11.3 Å². The topological polar surface area (TPSA) is 95.3 Å². The number of aromatic nitrogens is 3. The molecule has 32 heavy (non-hydrogen) atoms. The lowest BCUT2D eigenvalue weighted by molar-refractivity contribution is -0.117. The molecule has 1 amide bonds. The lowest BCUT2D eigenvalue weighted by Gasteiger charge is -2.33. The number of ether oxygens (including phenoxy) is 2. The lowest BCUT2D eigenvalue weighted by Crippen LogP contribution is -2.31. The van der Waals surface area contributed by atoms with Crippen LogP contribution in [0.1, 0.15) is 37.6 Å². The predicted octanol–water partition coefficient (Wildman–Crippen LogP) is 3.41. The Balaban J connectivity index is 1.37. The Kier molecular flexibility index (Phi) is 5.16. The molecule has 1 aliphatic heterocycles. The molecule has 2 aromatic heterocycles. The Morgan fingerprint density at radius 1 is 1.25 bits per heavy atom. The van der Waals surface area contributed by atoms with E-state index >= 15 is 0 Å². The highest BCUT2D eigenvalue weighted by Crippen LogP contribution is 2.41. The fourth-order valence-electron chi connectivity index (χ4n) is 4.43. The third-order valence-electron chi connectivity index (χ3n) is 6.28. The molecule has 0 bridgehead atoms. The zero-order chi connectivity index (χ0) is 22.5. The normalized spacial score (nSPS) is 17.8. The number of hydrogen-bond donors (Lipinski definition) is 1. The second-order valence-corrected chi connectivity index (χ2v) is 10.5. The van der Waals surface area contributed by atoms with Crippen molar-refractivity contribution in [2.45, 2.75) is 46.6 Å². The summed E-state index contributed by atoms with van der Waals surface area (Å²) in [5, 5.41) is 11.7. The number of carbonyl (C=O) groups is 1.